The molecule has 0 aliphatic heterocycles. The minimum absolute atomic E-state index is 0.0979. The summed E-state index contributed by atoms with van der Waals surface area (Å²) in [5.74, 6) is -1.94. The lowest BCUT2D eigenvalue weighted by Crippen LogP contribution is -2.45. The lowest BCUT2D eigenvalue weighted by Gasteiger charge is -2.28. The van der Waals surface area contributed by atoms with E-state index in [2.05, 4.69) is 5.32 Å². The van der Waals surface area contributed by atoms with Crippen molar-refractivity contribution in [3.05, 3.63) is 59.9 Å². The second-order valence-electron chi connectivity index (χ2n) is 5.61. The molecule has 2 rings (SSSR count). The number of carbonyl (C=O) groups is 2. The molecule has 3 N–H and O–H groups in total. The number of nitrogens with one attached hydrogen (secondary N) is 1. The third kappa shape index (κ3) is 4.37. The fourth-order valence-electron chi connectivity index (χ4n) is 2.44. The molecule has 138 valence electrons. The Kier molecular flexibility index (Phi) is 5.61. The van der Waals surface area contributed by atoms with Gasteiger partial charge in [0.25, 0.3) is 5.91 Å². The third-order valence-corrected chi connectivity index (χ3v) is 4.86. The van der Waals surface area contributed by atoms with Gasteiger partial charge in [-0.3, -0.25) is 13.9 Å². The van der Waals surface area contributed by atoms with Gasteiger partial charge in [-0.15, -0.1) is 0 Å². The Hall–Kier alpha value is -2.94. The first-order valence-electron chi connectivity index (χ1n) is 7.56. The maximum absolute atomic E-state index is 13.1. The number of carbonyl (C=O) groups excluding carboxylic acids is 2. The number of nitrogens with zero attached hydrogens (tertiary/aromatic N) is 1. The van der Waals surface area contributed by atoms with Crippen molar-refractivity contribution in [1.82, 2.24) is 0 Å². The summed E-state index contributed by atoms with van der Waals surface area (Å²) in [7, 11) is -3.84. The van der Waals surface area contributed by atoms with Crippen LogP contribution in [0.25, 0.3) is 0 Å². The van der Waals surface area contributed by atoms with Gasteiger partial charge in [0.05, 0.1) is 23.2 Å². The van der Waals surface area contributed by atoms with Crippen molar-refractivity contribution in [2.75, 3.05) is 15.9 Å². The van der Waals surface area contributed by atoms with Crippen LogP contribution < -0.4 is 15.4 Å². The van der Waals surface area contributed by atoms with Gasteiger partial charge in [-0.1, -0.05) is 12.1 Å². The quantitative estimate of drug-likeness (QED) is 0.796. The van der Waals surface area contributed by atoms with E-state index in [1.54, 1.807) is 12.1 Å². The van der Waals surface area contributed by atoms with E-state index >= 15 is 0 Å². The topological polar surface area (TPSA) is 110 Å². The second kappa shape index (κ2) is 7.52. The molecule has 0 saturated carbocycles. The summed E-state index contributed by atoms with van der Waals surface area (Å²) in [5.41, 5.74) is 5.68. The zero-order valence-electron chi connectivity index (χ0n) is 14.1. The lowest BCUT2D eigenvalue weighted by molar-refractivity contribution is -0.116. The van der Waals surface area contributed by atoms with Crippen LogP contribution in [0.4, 0.5) is 15.8 Å². The molecule has 0 spiro atoms. The van der Waals surface area contributed by atoms with E-state index in [4.69, 9.17) is 5.73 Å². The van der Waals surface area contributed by atoms with E-state index in [0.29, 0.717) is 0 Å². The number of para-hydroxylation sites is 1. The molecule has 9 heteroatoms. The number of rotatable bonds is 6. The number of benzene rings is 2. The summed E-state index contributed by atoms with van der Waals surface area (Å²) < 4.78 is 38.3. The van der Waals surface area contributed by atoms with Crippen molar-refractivity contribution in [1.29, 1.82) is 0 Å². The number of amides is 2. The molecule has 0 saturated heterocycles. The van der Waals surface area contributed by atoms with Crippen molar-refractivity contribution >= 4 is 33.2 Å². The summed E-state index contributed by atoms with van der Waals surface area (Å²) in [5, 5.41) is 2.51. The summed E-state index contributed by atoms with van der Waals surface area (Å²) in [6, 6.07) is 9.67. The number of hydrogen-bond donors (Lipinski definition) is 2. The Morgan fingerprint density at radius 2 is 1.69 bits per heavy atom. The molecule has 2 aromatic rings. The first-order valence-corrected chi connectivity index (χ1v) is 9.40. The molecular formula is C17H18FN3O4S. The predicted molar refractivity (Wildman–Crippen MR) is 96.8 cm³/mol. The number of hydrogen-bond acceptors (Lipinski definition) is 4. The third-order valence-electron chi connectivity index (χ3n) is 3.62. The van der Waals surface area contributed by atoms with Gasteiger partial charge in [0, 0.05) is 0 Å². The minimum atomic E-state index is -3.84. The van der Waals surface area contributed by atoms with Crippen molar-refractivity contribution in [3.63, 3.8) is 0 Å². The molecule has 1 atom stereocenters. The fourth-order valence-corrected chi connectivity index (χ4v) is 3.62. The smallest absolute Gasteiger partial charge is 0.250 e. The van der Waals surface area contributed by atoms with E-state index in [1.165, 1.54) is 31.2 Å². The maximum atomic E-state index is 13.1. The van der Waals surface area contributed by atoms with Gasteiger partial charge in [0.15, 0.2) is 0 Å². The monoisotopic (exact) mass is 379 g/mol. The van der Waals surface area contributed by atoms with Gasteiger partial charge in [-0.2, -0.15) is 0 Å². The molecular weight excluding hydrogens is 361 g/mol. The Morgan fingerprint density at radius 1 is 1.12 bits per heavy atom. The summed E-state index contributed by atoms with van der Waals surface area (Å²) in [4.78, 5) is 24.0. The van der Waals surface area contributed by atoms with Gasteiger partial charge in [0.2, 0.25) is 15.9 Å². The van der Waals surface area contributed by atoms with Crippen LogP contribution in [0.15, 0.2) is 48.5 Å². The lowest BCUT2D eigenvalue weighted by atomic mass is 10.1. The Labute approximate surface area is 150 Å². The molecule has 0 bridgehead atoms. The van der Waals surface area contributed by atoms with Crippen LogP contribution in [-0.4, -0.2) is 32.5 Å². The highest BCUT2D eigenvalue weighted by molar-refractivity contribution is 7.92. The van der Waals surface area contributed by atoms with Gasteiger partial charge in [0.1, 0.15) is 11.9 Å². The SMILES string of the molecule is C[C@H](C(=O)Nc1ccccc1C(N)=O)N(c1ccc(F)cc1)S(C)(=O)=O. The molecule has 0 unspecified atom stereocenters. The van der Waals surface area contributed by atoms with Crippen LogP contribution in [0, 0.1) is 5.82 Å². The number of anilines is 2. The molecule has 2 amide bonds. The van der Waals surface area contributed by atoms with E-state index < -0.39 is 33.7 Å². The average molecular weight is 379 g/mol. The van der Waals surface area contributed by atoms with Gasteiger partial charge in [-0.25, -0.2) is 12.8 Å². The van der Waals surface area contributed by atoms with Crippen molar-refractivity contribution in [3.8, 4) is 0 Å². The zero-order valence-corrected chi connectivity index (χ0v) is 15.0. The van der Waals surface area contributed by atoms with Crippen molar-refractivity contribution in [2.24, 2.45) is 5.73 Å². The van der Waals surface area contributed by atoms with Crippen LogP contribution >= 0.6 is 0 Å². The largest absolute Gasteiger partial charge is 0.366 e. The van der Waals surface area contributed by atoms with E-state index in [0.717, 1.165) is 22.7 Å². The van der Waals surface area contributed by atoms with E-state index in [9.17, 15) is 22.4 Å². The number of halogens is 1. The molecule has 0 aromatic heterocycles. The van der Waals surface area contributed by atoms with Gasteiger partial charge in [-0.05, 0) is 43.3 Å². The van der Waals surface area contributed by atoms with E-state index in [-0.39, 0.29) is 16.9 Å². The molecule has 2 aromatic carbocycles. The molecule has 0 heterocycles. The van der Waals surface area contributed by atoms with Crippen molar-refractivity contribution < 1.29 is 22.4 Å². The second-order valence-corrected chi connectivity index (χ2v) is 7.47. The van der Waals surface area contributed by atoms with E-state index in [1.807, 2.05) is 0 Å². The van der Waals surface area contributed by atoms with Crippen LogP contribution in [0.1, 0.15) is 17.3 Å². The predicted octanol–water partition coefficient (Wildman–Crippen LogP) is 1.72. The number of primary amides is 1. The zero-order chi connectivity index (χ0) is 19.5. The first kappa shape index (κ1) is 19.4. The van der Waals surface area contributed by atoms with Crippen LogP contribution in [0.2, 0.25) is 0 Å². The molecule has 0 radical (unpaired) electrons. The highest BCUT2D eigenvalue weighted by atomic mass is 32.2. The Morgan fingerprint density at radius 3 is 2.23 bits per heavy atom. The highest BCUT2D eigenvalue weighted by Gasteiger charge is 2.29. The Balaban J connectivity index is 2.34. The van der Waals surface area contributed by atoms with Crippen LogP contribution in [-0.2, 0) is 14.8 Å². The normalized spacial score (nSPS) is 12.3. The Bertz CT molecular complexity index is 929. The molecule has 0 fully saturated rings. The summed E-state index contributed by atoms with van der Waals surface area (Å²) >= 11 is 0. The number of nitrogens with two attached hydrogens (primary N) is 1. The summed E-state index contributed by atoms with van der Waals surface area (Å²) in [6.45, 7) is 1.38. The molecule has 0 aliphatic carbocycles. The molecule has 7 nitrogen and oxygen atoms in total. The summed E-state index contributed by atoms with van der Waals surface area (Å²) in [6.07, 6.45) is 0.942. The van der Waals surface area contributed by atoms with Crippen molar-refractivity contribution in [2.45, 2.75) is 13.0 Å². The minimum Gasteiger partial charge on any atom is -0.366 e. The highest BCUT2D eigenvalue weighted by Crippen LogP contribution is 2.22. The number of sulfonamides is 1. The van der Waals surface area contributed by atoms with Gasteiger partial charge >= 0.3 is 0 Å². The molecule has 26 heavy (non-hydrogen) atoms. The standard InChI is InChI=1S/C17H18FN3O4S/c1-11(17(23)20-15-6-4-3-5-14(15)16(19)22)21(26(2,24)25)13-9-7-12(18)8-10-13/h3-11H,1-2H3,(H2,19,22)(H,20,23)/t11-/m1/s1. The average Bonchev–Trinajstić information content (AvgIpc) is 2.55. The fraction of sp³-hybridized carbons (Fsp3) is 0.176. The van der Waals surface area contributed by atoms with Crippen LogP contribution in [0.5, 0.6) is 0 Å². The van der Waals surface area contributed by atoms with Gasteiger partial charge < -0.3 is 11.1 Å². The maximum Gasteiger partial charge on any atom is 0.250 e. The first-order chi connectivity index (χ1) is 12.1. The molecule has 0 aliphatic rings. The van der Waals surface area contributed by atoms with Crippen LogP contribution in [0.3, 0.4) is 0 Å².